The summed E-state index contributed by atoms with van der Waals surface area (Å²) in [7, 11) is 0. The van der Waals surface area contributed by atoms with Crippen LogP contribution in [0.5, 0.6) is 0 Å². The molecule has 0 saturated heterocycles. The van der Waals surface area contributed by atoms with E-state index < -0.39 is 0 Å². The molecular formula is C11H18N2O. The Labute approximate surface area is 84.7 Å². The van der Waals surface area contributed by atoms with Gasteiger partial charge >= 0.3 is 0 Å². The first-order valence-electron chi connectivity index (χ1n) is 5.47. The summed E-state index contributed by atoms with van der Waals surface area (Å²) in [5.74, 6) is 2.03. The number of carbonyl (C=O) groups excluding carboxylic acids is 1. The van der Waals surface area contributed by atoms with E-state index in [0.717, 1.165) is 0 Å². The van der Waals surface area contributed by atoms with E-state index >= 15 is 0 Å². The Bertz CT molecular complexity index is 240. The van der Waals surface area contributed by atoms with E-state index in [0.29, 0.717) is 30.8 Å². The highest BCUT2D eigenvalue weighted by molar-refractivity contribution is 5.82. The van der Waals surface area contributed by atoms with Crippen LogP contribution in [-0.4, -0.2) is 19.0 Å². The fourth-order valence-electron chi connectivity index (χ4n) is 2.67. The molecule has 2 aliphatic carbocycles. The van der Waals surface area contributed by atoms with Crippen LogP contribution in [0.15, 0.2) is 12.2 Å². The van der Waals surface area contributed by atoms with E-state index in [4.69, 9.17) is 5.73 Å². The van der Waals surface area contributed by atoms with Gasteiger partial charge < -0.3 is 11.1 Å². The summed E-state index contributed by atoms with van der Waals surface area (Å²) < 4.78 is 0. The molecule has 0 bridgehead atoms. The Morgan fingerprint density at radius 1 is 1.36 bits per heavy atom. The van der Waals surface area contributed by atoms with Gasteiger partial charge in [-0.2, -0.15) is 0 Å². The lowest BCUT2D eigenvalue weighted by Crippen LogP contribution is -2.26. The lowest BCUT2D eigenvalue weighted by atomic mass is 10.1. The summed E-state index contributed by atoms with van der Waals surface area (Å²) in [5, 5.41) is 2.93. The Hall–Kier alpha value is -0.830. The predicted octanol–water partition coefficient (Wildman–Crippen LogP) is 0.664. The van der Waals surface area contributed by atoms with Gasteiger partial charge in [0.15, 0.2) is 0 Å². The molecule has 0 radical (unpaired) electrons. The highest BCUT2D eigenvalue weighted by atomic mass is 16.2. The number of fused-ring (bicyclic) bond motifs is 1. The maximum Gasteiger partial charge on any atom is 0.223 e. The van der Waals surface area contributed by atoms with Crippen LogP contribution < -0.4 is 11.1 Å². The Morgan fingerprint density at radius 2 is 2.07 bits per heavy atom. The number of nitrogens with two attached hydrogens (primary N) is 1. The molecule has 0 aromatic heterocycles. The summed E-state index contributed by atoms with van der Waals surface area (Å²) in [6.07, 6.45) is 7.64. The van der Waals surface area contributed by atoms with Gasteiger partial charge in [0.05, 0.1) is 0 Å². The van der Waals surface area contributed by atoms with Gasteiger partial charge in [0.2, 0.25) is 5.91 Å². The standard InChI is InChI=1S/C11H18N2O/c12-6-1-2-7-13-11(14)10-8-4-3-5-9(8)10/h1-2,8-10H,3-7,12H2,(H,13,14)/b2-1+. The molecule has 0 heterocycles. The van der Waals surface area contributed by atoms with E-state index in [-0.39, 0.29) is 5.91 Å². The van der Waals surface area contributed by atoms with Gasteiger partial charge in [-0.1, -0.05) is 18.6 Å². The van der Waals surface area contributed by atoms with Crippen LogP contribution in [0.2, 0.25) is 0 Å². The van der Waals surface area contributed by atoms with Crippen molar-refractivity contribution in [2.45, 2.75) is 19.3 Å². The van der Waals surface area contributed by atoms with E-state index in [9.17, 15) is 4.79 Å². The van der Waals surface area contributed by atoms with Crippen molar-refractivity contribution in [1.29, 1.82) is 0 Å². The molecule has 2 unspecified atom stereocenters. The van der Waals surface area contributed by atoms with Crippen molar-refractivity contribution in [3.05, 3.63) is 12.2 Å². The smallest absolute Gasteiger partial charge is 0.223 e. The van der Waals surface area contributed by atoms with Crippen molar-refractivity contribution < 1.29 is 4.79 Å². The Morgan fingerprint density at radius 3 is 2.71 bits per heavy atom. The molecule has 0 aromatic rings. The highest BCUT2D eigenvalue weighted by Crippen LogP contribution is 2.57. The largest absolute Gasteiger partial charge is 0.352 e. The van der Waals surface area contributed by atoms with Gasteiger partial charge in [-0.3, -0.25) is 4.79 Å². The summed E-state index contributed by atoms with van der Waals surface area (Å²) in [5.41, 5.74) is 5.29. The number of nitrogens with one attached hydrogen (secondary N) is 1. The Balaban J connectivity index is 1.67. The van der Waals surface area contributed by atoms with Crippen LogP contribution in [0.25, 0.3) is 0 Å². The van der Waals surface area contributed by atoms with E-state index in [1.165, 1.54) is 19.3 Å². The monoisotopic (exact) mass is 194 g/mol. The van der Waals surface area contributed by atoms with Crippen molar-refractivity contribution >= 4 is 5.91 Å². The molecule has 2 aliphatic rings. The van der Waals surface area contributed by atoms with Crippen LogP contribution in [0, 0.1) is 17.8 Å². The molecule has 3 nitrogen and oxygen atoms in total. The quantitative estimate of drug-likeness (QED) is 0.646. The average molecular weight is 194 g/mol. The van der Waals surface area contributed by atoms with Gasteiger partial charge in [0, 0.05) is 19.0 Å². The van der Waals surface area contributed by atoms with E-state index in [2.05, 4.69) is 5.32 Å². The van der Waals surface area contributed by atoms with Crippen LogP contribution in [0.4, 0.5) is 0 Å². The second kappa shape index (κ2) is 4.13. The number of rotatable bonds is 4. The average Bonchev–Trinajstić information content (AvgIpc) is 2.67. The molecule has 0 aliphatic heterocycles. The van der Waals surface area contributed by atoms with Crippen molar-refractivity contribution in [2.24, 2.45) is 23.5 Å². The van der Waals surface area contributed by atoms with Gasteiger partial charge in [0.1, 0.15) is 0 Å². The molecule has 2 fully saturated rings. The van der Waals surface area contributed by atoms with Gasteiger partial charge in [-0.25, -0.2) is 0 Å². The molecule has 78 valence electrons. The molecule has 2 atom stereocenters. The summed E-state index contributed by atoms with van der Waals surface area (Å²) >= 11 is 0. The zero-order chi connectivity index (χ0) is 9.97. The zero-order valence-electron chi connectivity index (χ0n) is 8.41. The molecule has 1 amide bonds. The minimum absolute atomic E-state index is 0.251. The third-order valence-electron chi connectivity index (χ3n) is 3.41. The summed E-state index contributed by atoms with van der Waals surface area (Å²) in [6.45, 7) is 1.18. The zero-order valence-corrected chi connectivity index (χ0v) is 8.41. The van der Waals surface area contributed by atoms with Gasteiger partial charge in [0.25, 0.3) is 0 Å². The van der Waals surface area contributed by atoms with E-state index in [1.807, 2.05) is 12.2 Å². The number of hydrogen-bond donors (Lipinski definition) is 2. The van der Waals surface area contributed by atoms with Gasteiger partial charge in [-0.15, -0.1) is 0 Å². The summed E-state index contributed by atoms with van der Waals surface area (Å²) in [6, 6.07) is 0. The minimum Gasteiger partial charge on any atom is -0.352 e. The highest BCUT2D eigenvalue weighted by Gasteiger charge is 2.56. The fraction of sp³-hybridized carbons (Fsp3) is 0.727. The topological polar surface area (TPSA) is 55.1 Å². The molecule has 3 heteroatoms. The maximum absolute atomic E-state index is 11.6. The molecule has 0 spiro atoms. The van der Waals surface area contributed by atoms with Crippen molar-refractivity contribution in [2.75, 3.05) is 13.1 Å². The van der Waals surface area contributed by atoms with Gasteiger partial charge in [-0.05, 0) is 24.7 Å². The van der Waals surface area contributed by atoms with Crippen LogP contribution in [0.3, 0.4) is 0 Å². The predicted molar refractivity (Wildman–Crippen MR) is 55.5 cm³/mol. The molecule has 2 rings (SSSR count). The van der Waals surface area contributed by atoms with Crippen LogP contribution >= 0.6 is 0 Å². The normalized spacial score (nSPS) is 34.5. The SMILES string of the molecule is NC/C=C/CNC(=O)C1C2CCCC21. The van der Waals surface area contributed by atoms with Crippen molar-refractivity contribution in [1.82, 2.24) is 5.32 Å². The van der Waals surface area contributed by atoms with Crippen LogP contribution in [0.1, 0.15) is 19.3 Å². The molecule has 2 saturated carbocycles. The third kappa shape index (κ3) is 1.82. The number of hydrogen-bond acceptors (Lipinski definition) is 2. The third-order valence-corrected chi connectivity index (χ3v) is 3.41. The number of amides is 1. The first-order valence-corrected chi connectivity index (χ1v) is 5.47. The lowest BCUT2D eigenvalue weighted by Gasteiger charge is -2.03. The summed E-state index contributed by atoms with van der Waals surface area (Å²) in [4.78, 5) is 11.6. The first-order chi connectivity index (χ1) is 6.84. The first kappa shape index (κ1) is 9.71. The second-order valence-electron chi connectivity index (χ2n) is 4.24. The van der Waals surface area contributed by atoms with Crippen molar-refractivity contribution in [3.63, 3.8) is 0 Å². The van der Waals surface area contributed by atoms with Crippen LogP contribution in [-0.2, 0) is 4.79 Å². The second-order valence-corrected chi connectivity index (χ2v) is 4.24. The molecule has 3 N–H and O–H groups in total. The van der Waals surface area contributed by atoms with Crippen molar-refractivity contribution in [3.8, 4) is 0 Å². The maximum atomic E-state index is 11.6. The fourth-order valence-corrected chi connectivity index (χ4v) is 2.67. The minimum atomic E-state index is 0.251. The lowest BCUT2D eigenvalue weighted by molar-refractivity contribution is -0.122. The Kier molecular flexibility index (Phi) is 2.87. The number of carbonyl (C=O) groups is 1. The molecule has 14 heavy (non-hydrogen) atoms. The molecule has 0 aromatic carbocycles. The molecular weight excluding hydrogens is 176 g/mol. The van der Waals surface area contributed by atoms with E-state index in [1.54, 1.807) is 0 Å².